The molecule has 2 unspecified atom stereocenters. The Hall–Kier alpha value is -2.53. The number of carbonyl (C=O) groups excluding carboxylic acids is 2. The molecule has 3 saturated heterocycles. The van der Waals surface area contributed by atoms with Crippen LogP contribution in [-0.2, 0) is 4.79 Å². The lowest BCUT2D eigenvalue weighted by atomic mass is 9.84. The maximum absolute atomic E-state index is 13.4. The molecule has 7 nitrogen and oxygen atoms in total. The number of pyridine rings is 1. The van der Waals surface area contributed by atoms with Crippen LogP contribution in [0.4, 0.5) is 4.39 Å². The minimum atomic E-state index is -0.665. The van der Waals surface area contributed by atoms with Gasteiger partial charge in [-0.05, 0) is 56.4 Å². The summed E-state index contributed by atoms with van der Waals surface area (Å²) in [7, 11) is 0. The number of amides is 2. The second-order valence-corrected chi connectivity index (χ2v) is 8.91. The lowest BCUT2D eigenvalue weighted by Crippen LogP contribution is -2.55. The van der Waals surface area contributed by atoms with Crippen molar-refractivity contribution in [3.05, 3.63) is 29.8 Å². The van der Waals surface area contributed by atoms with Crippen LogP contribution in [-0.4, -0.2) is 56.8 Å². The Morgan fingerprint density at radius 1 is 1.21 bits per heavy atom. The van der Waals surface area contributed by atoms with E-state index in [4.69, 9.17) is 5.73 Å². The molecule has 8 heteroatoms. The number of piperidine rings is 2. The molecule has 2 amide bonds. The molecule has 3 aliphatic heterocycles. The largest absolute Gasteiger partial charge is 0.333 e. The van der Waals surface area contributed by atoms with E-state index in [1.165, 1.54) is 18.3 Å². The van der Waals surface area contributed by atoms with Gasteiger partial charge in [0, 0.05) is 36.0 Å². The van der Waals surface area contributed by atoms with E-state index in [9.17, 15) is 19.2 Å². The number of hydrogen-bond donors (Lipinski definition) is 1. The monoisotopic (exact) mass is 397 g/mol. The van der Waals surface area contributed by atoms with Crippen molar-refractivity contribution in [3.63, 3.8) is 0 Å². The van der Waals surface area contributed by atoms with Crippen LogP contribution in [0.15, 0.2) is 18.3 Å². The average Bonchev–Trinajstić information content (AvgIpc) is 3.31. The van der Waals surface area contributed by atoms with E-state index in [1.54, 1.807) is 4.90 Å². The summed E-state index contributed by atoms with van der Waals surface area (Å²) in [4.78, 5) is 33.1. The molecule has 4 aliphatic rings. The van der Waals surface area contributed by atoms with E-state index in [-0.39, 0.29) is 41.9 Å². The van der Waals surface area contributed by atoms with Gasteiger partial charge in [0.15, 0.2) is 0 Å². The average molecular weight is 397 g/mol. The first-order chi connectivity index (χ1) is 14.0. The summed E-state index contributed by atoms with van der Waals surface area (Å²) in [6, 6.07) is 4.19. The lowest BCUT2D eigenvalue weighted by Gasteiger charge is -2.41. The molecule has 1 saturated carbocycles. The topological polar surface area (TPSA) is 103 Å². The van der Waals surface area contributed by atoms with Gasteiger partial charge in [-0.15, -0.1) is 0 Å². The summed E-state index contributed by atoms with van der Waals surface area (Å²) in [6.45, 7) is 0. The second kappa shape index (κ2) is 6.77. The van der Waals surface area contributed by atoms with Gasteiger partial charge < -0.3 is 15.5 Å². The van der Waals surface area contributed by atoms with Crippen molar-refractivity contribution >= 4 is 11.8 Å². The number of likely N-dealkylation sites (tertiary alicyclic amines) is 1. The molecule has 1 aromatic rings. The van der Waals surface area contributed by atoms with E-state index >= 15 is 0 Å². The summed E-state index contributed by atoms with van der Waals surface area (Å²) in [5, 5.41) is 9.37. The maximum Gasteiger partial charge on any atom is 0.254 e. The van der Waals surface area contributed by atoms with E-state index < -0.39 is 12.0 Å². The van der Waals surface area contributed by atoms with Crippen LogP contribution >= 0.6 is 0 Å². The lowest BCUT2D eigenvalue weighted by molar-refractivity contribution is -0.135. The molecule has 4 heterocycles. The Morgan fingerprint density at radius 3 is 2.59 bits per heavy atom. The zero-order valence-corrected chi connectivity index (χ0v) is 16.1. The number of aromatic nitrogens is 1. The summed E-state index contributed by atoms with van der Waals surface area (Å²) >= 11 is 0. The van der Waals surface area contributed by atoms with Crippen LogP contribution in [0.3, 0.4) is 0 Å². The van der Waals surface area contributed by atoms with Gasteiger partial charge in [-0.2, -0.15) is 9.65 Å². The first kappa shape index (κ1) is 18.5. The Balaban J connectivity index is 1.29. The van der Waals surface area contributed by atoms with E-state index in [0.717, 1.165) is 25.7 Å². The standard InChI is InChI=1S/C21H24FN5O2/c22-18-9-11(3-4-25-18)20(28)26-14-1-2-15(26)7-13(6-14)19(24)21(29)27-16(10-23)5-12-8-17(12)27/h3-4,9,12-17,19H,1-2,5-8,24H2/t12-,13?,14?,15?,16+,17+,19-/m1/s1. The van der Waals surface area contributed by atoms with Crippen molar-refractivity contribution < 1.29 is 14.0 Å². The van der Waals surface area contributed by atoms with Gasteiger partial charge >= 0.3 is 0 Å². The summed E-state index contributed by atoms with van der Waals surface area (Å²) in [6.07, 6.45) is 6.13. The smallest absolute Gasteiger partial charge is 0.254 e. The number of nitriles is 1. The van der Waals surface area contributed by atoms with Crippen molar-refractivity contribution in [2.24, 2.45) is 17.6 Å². The molecule has 0 aromatic carbocycles. The molecule has 0 radical (unpaired) electrons. The Bertz CT molecular complexity index is 887. The van der Waals surface area contributed by atoms with Gasteiger partial charge in [-0.25, -0.2) is 4.98 Å². The molecule has 2 bridgehead atoms. The summed E-state index contributed by atoms with van der Waals surface area (Å²) < 4.78 is 13.4. The fourth-order valence-electron chi connectivity index (χ4n) is 5.79. The number of nitrogens with zero attached hydrogens (tertiary/aromatic N) is 4. The minimum Gasteiger partial charge on any atom is -0.333 e. The molecule has 6 atom stereocenters. The van der Waals surface area contributed by atoms with Crippen molar-refractivity contribution in [2.75, 3.05) is 0 Å². The summed E-state index contributed by atoms with van der Waals surface area (Å²) in [5.41, 5.74) is 6.72. The third-order valence-corrected chi connectivity index (χ3v) is 7.28. The van der Waals surface area contributed by atoms with Gasteiger partial charge in [0.25, 0.3) is 5.91 Å². The van der Waals surface area contributed by atoms with Gasteiger partial charge in [0.05, 0.1) is 12.1 Å². The molecule has 0 spiro atoms. The predicted molar refractivity (Wildman–Crippen MR) is 101 cm³/mol. The first-order valence-corrected chi connectivity index (χ1v) is 10.4. The highest BCUT2D eigenvalue weighted by Crippen LogP contribution is 2.48. The normalized spacial score (nSPS) is 35.8. The van der Waals surface area contributed by atoms with Crippen molar-refractivity contribution in [1.82, 2.24) is 14.8 Å². The number of hydrogen-bond acceptors (Lipinski definition) is 5. The fraction of sp³-hybridized carbons (Fsp3) is 0.619. The molecule has 4 fully saturated rings. The third-order valence-electron chi connectivity index (χ3n) is 7.28. The molecular formula is C21H24FN5O2. The highest BCUT2D eigenvalue weighted by atomic mass is 19.1. The number of fused-ring (bicyclic) bond motifs is 3. The van der Waals surface area contributed by atoms with Crippen LogP contribution < -0.4 is 5.73 Å². The van der Waals surface area contributed by atoms with Crippen molar-refractivity contribution in [1.29, 1.82) is 5.26 Å². The molecule has 2 N–H and O–H groups in total. The zero-order chi connectivity index (χ0) is 20.3. The van der Waals surface area contributed by atoms with E-state index in [2.05, 4.69) is 11.1 Å². The number of halogens is 1. The minimum absolute atomic E-state index is 0.00429. The first-order valence-electron chi connectivity index (χ1n) is 10.4. The van der Waals surface area contributed by atoms with Gasteiger partial charge in [-0.1, -0.05) is 0 Å². The van der Waals surface area contributed by atoms with Gasteiger partial charge in [-0.3, -0.25) is 9.59 Å². The second-order valence-electron chi connectivity index (χ2n) is 8.91. The molecule has 152 valence electrons. The Kier molecular flexibility index (Phi) is 4.32. The van der Waals surface area contributed by atoms with Gasteiger partial charge in [0.2, 0.25) is 11.9 Å². The maximum atomic E-state index is 13.4. The quantitative estimate of drug-likeness (QED) is 0.778. The van der Waals surface area contributed by atoms with E-state index in [0.29, 0.717) is 24.3 Å². The Morgan fingerprint density at radius 2 is 1.93 bits per heavy atom. The van der Waals surface area contributed by atoms with Crippen LogP contribution in [0, 0.1) is 29.1 Å². The van der Waals surface area contributed by atoms with E-state index in [1.807, 2.05) is 4.90 Å². The number of nitrogens with two attached hydrogens (primary N) is 1. The number of carbonyl (C=O) groups is 2. The fourth-order valence-corrected chi connectivity index (χ4v) is 5.79. The predicted octanol–water partition coefficient (Wildman–Crippen LogP) is 1.44. The Labute approximate surface area is 168 Å². The molecular weight excluding hydrogens is 373 g/mol. The molecule has 1 aromatic heterocycles. The zero-order valence-electron chi connectivity index (χ0n) is 16.1. The number of rotatable bonds is 3. The van der Waals surface area contributed by atoms with Crippen molar-refractivity contribution in [2.45, 2.75) is 68.7 Å². The SMILES string of the molecule is N#C[C@@H]1C[C@@H]2C[C@@H]2N1C(=O)[C@H](N)C1CC2CCC(C1)N2C(=O)c1ccnc(F)c1. The molecule has 5 rings (SSSR count). The van der Waals surface area contributed by atoms with Crippen LogP contribution in [0.25, 0.3) is 0 Å². The summed E-state index contributed by atoms with van der Waals surface area (Å²) in [5.74, 6) is -0.492. The molecule has 1 aliphatic carbocycles. The van der Waals surface area contributed by atoms with Crippen LogP contribution in [0.2, 0.25) is 0 Å². The molecule has 29 heavy (non-hydrogen) atoms. The third kappa shape index (κ3) is 2.99. The van der Waals surface area contributed by atoms with Crippen LogP contribution in [0.1, 0.15) is 48.9 Å². The van der Waals surface area contributed by atoms with Crippen molar-refractivity contribution in [3.8, 4) is 6.07 Å². The van der Waals surface area contributed by atoms with Gasteiger partial charge in [0.1, 0.15) is 6.04 Å². The highest BCUT2D eigenvalue weighted by molar-refractivity contribution is 5.95. The highest BCUT2D eigenvalue weighted by Gasteiger charge is 2.56. The van der Waals surface area contributed by atoms with Crippen LogP contribution in [0.5, 0.6) is 0 Å².